The molecular formula is C23H20N2O4. The van der Waals surface area contributed by atoms with Gasteiger partial charge in [0.2, 0.25) is 0 Å². The van der Waals surface area contributed by atoms with Crippen LogP contribution in [0.5, 0.6) is 0 Å². The zero-order chi connectivity index (χ0) is 20.6. The van der Waals surface area contributed by atoms with Crippen LogP contribution < -0.4 is 10.6 Å². The van der Waals surface area contributed by atoms with Gasteiger partial charge in [0.05, 0.1) is 5.56 Å². The van der Waals surface area contributed by atoms with Gasteiger partial charge in [-0.15, -0.1) is 0 Å². The average Bonchev–Trinajstić information content (AvgIpc) is 2.77. The van der Waals surface area contributed by atoms with E-state index < -0.39 is 5.97 Å². The molecule has 29 heavy (non-hydrogen) atoms. The van der Waals surface area contributed by atoms with Crippen LogP contribution in [0.3, 0.4) is 0 Å². The first-order valence-corrected chi connectivity index (χ1v) is 9.05. The van der Waals surface area contributed by atoms with Crippen LogP contribution in [0.1, 0.15) is 42.2 Å². The summed E-state index contributed by atoms with van der Waals surface area (Å²) in [4.78, 5) is 35.2. The first-order chi connectivity index (χ1) is 14.0. The molecule has 6 heteroatoms. The number of rotatable bonds is 7. The van der Waals surface area contributed by atoms with E-state index in [2.05, 4.69) is 10.6 Å². The highest BCUT2D eigenvalue weighted by atomic mass is 16.4. The molecule has 0 saturated heterocycles. The maximum Gasteiger partial charge on any atom is 0.335 e. The number of nitrogens with one attached hydrogen (secondary N) is 2. The Bertz CT molecular complexity index is 997. The van der Waals surface area contributed by atoms with Crippen molar-refractivity contribution in [3.05, 3.63) is 107 Å². The molecule has 2 amide bonds. The summed E-state index contributed by atoms with van der Waals surface area (Å²) >= 11 is 0. The molecule has 0 radical (unpaired) electrons. The minimum atomic E-state index is -0.986. The van der Waals surface area contributed by atoms with Crippen molar-refractivity contribution < 1.29 is 19.5 Å². The number of hydrogen-bond acceptors (Lipinski definition) is 3. The molecule has 0 aliphatic carbocycles. The molecule has 6 nitrogen and oxygen atoms in total. The molecule has 0 bridgehead atoms. The van der Waals surface area contributed by atoms with E-state index in [1.54, 1.807) is 48.5 Å². The van der Waals surface area contributed by atoms with E-state index >= 15 is 0 Å². The van der Waals surface area contributed by atoms with Gasteiger partial charge in [-0.1, -0.05) is 42.5 Å². The van der Waals surface area contributed by atoms with Crippen molar-refractivity contribution in [1.29, 1.82) is 0 Å². The van der Waals surface area contributed by atoms with Gasteiger partial charge in [-0.05, 0) is 47.5 Å². The molecule has 3 rings (SSSR count). The fraction of sp³-hybridized carbons (Fsp3) is 0.0870. The Morgan fingerprint density at radius 2 is 1.00 bits per heavy atom. The monoisotopic (exact) mass is 388 g/mol. The van der Waals surface area contributed by atoms with Crippen LogP contribution in [0.25, 0.3) is 0 Å². The molecule has 0 spiro atoms. The van der Waals surface area contributed by atoms with Gasteiger partial charge in [0.15, 0.2) is 0 Å². The third-order valence-electron chi connectivity index (χ3n) is 4.36. The standard InChI is InChI=1S/C23H20N2O4/c26-21(18-4-2-1-3-5-18)24-14-16-6-10-19(11-7-16)22(27)25-15-17-8-12-20(13-9-17)23(28)29/h1-13H,14-15H2,(H,24,26)(H,25,27)(H,28,29). The van der Waals surface area contributed by atoms with Crippen LogP contribution in [-0.2, 0) is 13.1 Å². The summed E-state index contributed by atoms with van der Waals surface area (Å²) in [5.74, 6) is -1.37. The van der Waals surface area contributed by atoms with E-state index in [1.165, 1.54) is 12.1 Å². The molecule has 3 N–H and O–H groups in total. The van der Waals surface area contributed by atoms with Gasteiger partial charge in [0.25, 0.3) is 11.8 Å². The molecule has 0 unspecified atom stereocenters. The lowest BCUT2D eigenvalue weighted by Gasteiger charge is -2.08. The number of hydrogen-bond donors (Lipinski definition) is 3. The van der Waals surface area contributed by atoms with Crippen molar-refractivity contribution in [2.45, 2.75) is 13.1 Å². The third-order valence-corrected chi connectivity index (χ3v) is 4.36. The SMILES string of the molecule is O=C(O)c1ccc(CNC(=O)c2ccc(CNC(=O)c3ccccc3)cc2)cc1. The fourth-order valence-electron chi connectivity index (χ4n) is 2.70. The quantitative estimate of drug-likeness (QED) is 0.579. The summed E-state index contributed by atoms with van der Waals surface area (Å²) in [7, 11) is 0. The highest BCUT2D eigenvalue weighted by Gasteiger charge is 2.08. The first-order valence-electron chi connectivity index (χ1n) is 9.05. The summed E-state index contributed by atoms with van der Waals surface area (Å²) in [5, 5.41) is 14.5. The molecule has 0 heterocycles. The van der Waals surface area contributed by atoms with Crippen LogP contribution in [0.15, 0.2) is 78.9 Å². The van der Waals surface area contributed by atoms with Gasteiger partial charge in [-0.2, -0.15) is 0 Å². The van der Waals surface area contributed by atoms with Gasteiger partial charge >= 0.3 is 5.97 Å². The van der Waals surface area contributed by atoms with Gasteiger partial charge < -0.3 is 15.7 Å². The molecule has 0 aromatic heterocycles. The van der Waals surface area contributed by atoms with Crippen LogP contribution in [0, 0.1) is 0 Å². The number of carbonyl (C=O) groups is 3. The van der Waals surface area contributed by atoms with Crippen molar-refractivity contribution in [2.24, 2.45) is 0 Å². The maximum atomic E-state index is 12.3. The number of carboxylic acids is 1. The summed E-state index contributed by atoms with van der Waals surface area (Å²) in [5.41, 5.74) is 3.00. The summed E-state index contributed by atoms with van der Waals surface area (Å²) < 4.78 is 0. The third kappa shape index (κ3) is 5.52. The Morgan fingerprint density at radius 1 is 0.586 bits per heavy atom. The Morgan fingerprint density at radius 3 is 1.45 bits per heavy atom. The number of benzene rings is 3. The Hall–Kier alpha value is -3.93. The van der Waals surface area contributed by atoms with Crippen LogP contribution in [0.2, 0.25) is 0 Å². The van der Waals surface area contributed by atoms with E-state index in [-0.39, 0.29) is 17.4 Å². The van der Waals surface area contributed by atoms with Gasteiger partial charge in [0.1, 0.15) is 0 Å². The second-order valence-corrected chi connectivity index (χ2v) is 6.43. The topological polar surface area (TPSA) is 95.5 Å². The van der Waals surface area contributed by atoms with Crippen LogP contribution in [-0.4, -0.2) is 22.9 Å². The molecule has 0 aliphatic heterocycles. The normalized spacial score (nSPS) is 10.2. The zero-order valence-electron chi connectivity index (χ0n) is 15.6. The molecule has 0 fully saturated rings. The smallest absolute Gasteiger partial charge is 0.335 e. The largest absolute Gasteiger partial charge is 0.478 e. The first kappa shape index (κ1) is 19.8. The lowest BCUT2D eigenvalue weighted by atomic mass is 10.1. The Labute approximate surface area is 168 Å². The van der Waals surface area contributed by atoms with Crippen molar-refractivity contribution in [2.75, 3.05) is 0 Å². The van der Waals surface area contributed by atoms with E-state index in [4.69, 9.17) is 5.11 Å². The summed E-state index contributed by atoms with van der Waals surface area (Å²) in [6.07, 6.45) is 0. The summed E-state index contributed by atoms with van der Waals surface area (Å²) in [6.45, 7) is 0.666. The zero-order valence-corrected chi connectivity index (χ0v) is 15.6. The number of aromatic carboxylic acids is 1. The molecule has 0 aliphatic rings. The van der Waals surface area contributed by atoms with Crippen molar-refractivity contribution in [1.82, 2.24) is 10.6 Å². The summed E-state index contributed by atoms with van der Waals surface area (Å²) in [6, 6.07) is 22.3. The van der Waals surface area contributed by atoms with Crippen molar-refractivity contribution >= 4 is 17.8 Å². The number of carboxylic acid groups (broad SMARTS) is 1. The lowest BCUT2D eigenvalue weighted by molar-refractivity contribution is 0.0696. The highest BCUT2D eigenvalue weighted by Crippen LogP contribution is 2.08. The van der Waals surface area contributed by atoms with Gasteiger partial charge in [0, 0.05) is 24.2 Å². The second kappa shape index (κ2) is 9.32. The fourth-order valence-corrected chi connectivity index (χ4v) is 2.70. The van der Waals surface area contributed by atoms with Gasteiger partial charge in [-0.25, -0.2) is 4.79 Å². The van der Waals surface area contributed by atoms with E-state index in [0.717, 1.165) is 11.1 Å². The number of carbonyl (C=O) groups excluding carboxylic acids is 2. The molecular weight excluding hydrogens is 368 g/mol. The predicted molar refractivity (Wildman–Crippen MR) is 109 cm³/mol. The molecule has 3 aromatic carbocycles. The average molecular weight is 388 g/mol. The molecule has 0 atom stereocenters. The van der Waals surface area contributed by atoms with E-state index in [0.29, 0.717) is 24.2 Å². The highest BCUT2D eigenvalue weighted by molar-refractivity contribution is 5.95. The van der Waals surface area contributed by atoms with Gasteiger partial charge in [-0.3, -0.25) is 9.59 Å². The Balaban J connectivity index is 1.50. The number of amides is 2. The van der Waals surface area contributed by atoms with Crippen LogP contribution >= 0.6 is 0 Å². The Kier molecular flexibility index (Phi) is 6.37. The van der Waals surface area contributed by atoms with Crippen molar-refractivity contribution in [3.63, 3.8) is 0 Å². The minimum Gasteiger partial charge on any atom is -0.478 e. The van der Waals surface area contributed by atoms with E-state index in [9.17, 15) is 14.4 Å². The maximum absolute atomic E-state index is 12.3. The minimum absolute atomic E-state index is 0.152. The molecule has 146 valence electrons. The van der Waals surface area contributed by atoms with Crippen molar-refractivity contribution in [3.8, 4) is 0 Å². The lowest BCUT2D eigenvalue weighted by Crippen LogP contribution is -2.24. The molecule has 0 saturated carbocycles. The molecule has 3 aromatic rings. The van der Waals surface area contributed by atoms with Crippen LogP contribution in [0.4, 0.5) is 0 Å². The predicted octanol–water partition coefficient (Wildman–Crippen LogP) is 3.24. The second-order valence-electron chi connectivity index (χ2n) is 6.43. The van der Waals surface area contributed by atoms with E-state index in [1.807, 2.05) is 18.2 Å².